The number of hydrogen-bond donors (Lipinski definition) is 1. The Hall–Kier alpha value is -1.59. The van der Waals surface area contributed by atoms with E-state index in [0.29, 0.717) is 12.3 Å². The van der Waals surface area contributed by atoms with Crippen LogP contribution in [0.5, 0.6) is 0 Å². The number of urea groups is 1. The van der Waals surface area contributed by atoms with Gasteiger partial charge in [0.1, 0.15) is 12.6 Å². The van der Waals surface area contributed by atoms with Crippen molar-refractivity contribution in [3.05, 3.63) is 0 Å². The second-order valence-corrected chi connectivity index (χ2v) is 6.70. The van der Waals surface area contributed by atoms with Gasteiger partial charge in [0.2, 0.25) is 5.91 Å². The summed E-state index contributed by atoms with van der Waals surface area (Å²) in [6.45, 7) is 5.36. The first kappa shape index (κ1) is 16.8. The zero-order valence-electron chi connectivity index (χ0n) is 13.6. The third-order valence-electron chi connectivity index (χ3n) is 4.32. The van der Waals surface area contributed by atoms with Crippen molar-refractivity contribution in [1.82, 2.24) is 15.1 Å². The van der Waals surface area contributed by atoms with Crippen molar-refractivity contribution in [2.24, 2.45) is 5.92 Å². The summed E-state index contributed by atoms with van der Waals surface area (Å²) in [7, 11) is 0. The number of carbonyl (C=O) groups is 3. The van der Waals surface area contributed by atoms with Crippen LogP contribution in [-0.2, 0) is 9.59 Å². The number of carbonyl (C=O) groups excluding carboxylic acids is 3. The molecule has 2 fully saturated rings. The number of nitrogens with zero attached hydrogens (tertiary/aromatic N) is 2. The predicted molar refractivity (Wildman–Crippen MR) is 83.2 cm³/mol. The Bertz CT molecular complexity index is 428. The molecule has 1 atom stereocenters. The van der Waals surface area contributed by atoms with Gasteiger partial charge in [0.15, 0.2) is 0 Å². The third-order valence-corrected chi connectivity index (χ3v) is 4.32. The van der Waals surface area contributed by atoms with Gasteiger partial charge in [-0.05, 0) is 25.2 Å². The Kier molecular flexibility index (Phi) is 5.80. The van der Waals surface area contributed by atoms with Crippen LogP contribution in [0.25, 0.3) is 0 Å². The van der Waals surface area contributed by atoms with Gasteiger partial charge >= 0.3 is 6.03 Å². The number of amides is 4. The molecule has 0 unspecified atom stereocenters. The summed E-state index contributed by atoms with van der Waals surface area (Å²) in [5.41, 5.74) is 0. The molecule has 4 amide bonds. The lowest BCUT2D eigenvalue weighted by Gasteiger charge is -2.26. The number of imide groups is 1. The van der Waals surface area contributed by atoms with Crippen LogP contribution in [0.4, 0.5) is 4.79 Å². The number of likely N-dealkylation sites (tertiary alicyclic amines) is 1. The van der Waals surface area contributed by atoms with Crippen molar-refractivity contribution in [2.75, 3.05) is 19.6 Å². The smallest absolute Gasteiger partial charge is 0.325 e. The molecule has 2 saturated heterocycles. The van der Waals surface area contributed by atoms with E-state index < -0.39 is 12.1 Å². The van der Waals surface area contributed by atoms with E-state index in [9.17, 15) is 14.4 Å². The minimum atomic E-state index is -0.479. The molecule has 0 aromatic heterocycles. The highest BCUT2D eigenvalue weighted by Crippen LogP contribution is 2.15. The van der Waals surface area contributed by atoms with Crippen LogP contribution in [0.2, 0.25) is 0 Å². The third kappa shape index (κ3) is 4.21. The number of rotatable bonds is 4. The highest BCUT2D eigenvalue weighted by molar-refractivity contribution is 6.06. The lowest BCUT2D eigenvalue weighted by molar-refractivity contribution is -0.137. The van der Waals surface area contributed by atoms with Crippen molar-refractivity contribution in [3.8, 4) is 0 Å². The highest BCUT2D eigenvalue weighted by atomic mass is 16.2. The molecule has 0 bridgehead atoms. The fourth-order valence-electron chi connectivity index (χ4n) is 3.09. The summed E-state index contributed by atoms with van der Waals surface area (Å²) >= 11 is 0. The molecule has 2 aliphatic heterocycles. The lowest BCUT2D eigenvalue weighted by Crippen LogP contribution is -2.44. The molecule has 2 rings (SSSR count). The molecule has 0 saturated carbocycles. The molecule has 124 valence electrons. The summed E-state index contributed by atoms with van der Waals surface area (Å²) in [6, 6.07) is -0.913. The fraction of sp³-hybridized carbons (Fsp3) is 0.812. The molecule has 6 nitrogen and oxygen atoms in total. The zero-order chi connectivity index (χ0) is 16.1. The van der Waals surface area contributed by atoms with Gasteiger partial charge in [-0.15, -0.1) is 0 Å². The van der Waals surface area contributed by atoms with Crippen molar-refractivity contribution in [2.45, 2.75) is 58.4 Å². The number of nitrogens with one attached hydrogen (secondary N) is 1. The van der Waals surface area contributed by atoms with Gasteiger partial charge in [0.05, 0.1) is 0 Å². The van der Waals surface area contributed by atoms with Gasteiger partial charge in [-0.25, -0.2) is 4.79 Å². The molecule has 2 aliphatic rings. The maximum Gasteiger partial charge on any atom is 0.325 e. The Balaban J connectivity index is 1.92. The first-order chi connectivity index (χ1) is 10.5. The molecular weight excluding hydrogens is 282 g/mol. The molecule has 0 aliphatic carbocycles. The normalized spacial score (nSPS) is 23.5. The van der Waals surface area contributed by atoms with Gasteiger partial charge < -0.3 is 10.2 Å². The van der Waals surface area contributed by atoms with Crippen LogP contribution < -0.4 is 5.32 Å². The lowest BCUT2D eigenvalue weighted by atomic mass is 10.0. The monoisotopic (exact) mass is 309 g/mol. The van der Waals surface area contributed by atoms with E-state index in [4.69, 9.17) is 0 Å². The van der Waals surface area contributed by atoms with Crippen LogP contribution in [0.15, 0.2) is 0 Å². The van der Waals surface area contributed by atoms with Crippen molar-refractivity contribution in [1.29, 1.82) is 0 Å². The first-order valence-corrected chi connectivity index (χ1v) is 8.38. The maximum absolute atomic E-state index is 12.4. The predicted octanol–water partition coefficient (Wildman–Crippen LogP) is 1.75. The van der Waals surface area contributed by atoms with Crippen LogP contribution in [-0.4, -0.2) is 53.3 Å². The average molecular weight is 309 g/mol. The summed E-state index contributed by atoms with van der Waals surface area (Å²) in [5.74, 6) is -0.0612. The van der Waals surface area contributed by atoms with Crippen molar-refractivity contribution >= 4 is 17.8 Å². The summed E-state index contributed by atoms with van der Waals surface area (Å²) in [6.07, 6.45) is 6.13. The van der Waals surface area contributed by atoms with Gasteiger partial charge in [-0.3, -0.25) is 14.5 Å². The largest absolute Gasteiger partial charge is 0.341 e. The Morgan fingerprint density at radius 1 is 1.14 bits per heavy atom. The van der Waals surface area contributed by atoms with E-state index in [-0.39, 0.29) is 18.4 Å². The SMILES string of the molecule is CC(C)C[C@@H]1NC(=O)N(CC(=O)N2CCCCCCC2)C1=O. The molecular formula is C16H27N3O3. The Morgan fingerprint density at radius 3 is 2.32 bits per heavy atom. The van der Waals surface area contributed by atoms with Gasteiger partial charge in [0.25, 0.3) is 5.91 Å². The molecule has 0 radical (unpaired) electrons. The summed E-state index contributed by atoms with van der Waals surface area (Å²) in [4.78, 5) is 39.5. The van der Waals surface area contributed by atoms with E-state index in [1.165, 1.54) is 6.42 Å². The summed E-state index contributed by atoms with van der Waals surface area (Å²) < 4.78 is 0. The minimum Gasteiger partial charge on any atom is -0.341 e. The summed E-state index contributed by atoms with van der Waals surface area (Å²) in [5, 5.41) is 2.68. The second kappa shape index (κ2) is 7.61. The van der Waals surface area contributed by atoms with Gasteiger partial charge in [0, 0.05) is 13.1 Å². The van der Waals surface area contributed by atoms with Crippen LogP contribution in [0, 0.1) is 5.92 Å². The molecule has 22 heavy (non-hydrogen) atoms. The Morgan fingerprint density at radius 2 is 1.73 bits per heavy atom. The van der Waals surface area contributed by atoms with Crippen LogP contribution in [0.3, 0.4) is 0 Å². The first-order valence-electron chi connectivity index (χ1n) is 8.38. The van der Waals surface area contributed by atoms with E-state index in [1.807, 2.05) is 13.8 Å². The second-order valence-electron chi connectivity index (χ2n) is 6.70. The Labute approximate surface area is 132 Å². The van der Waals surface area contributed by atoms with E-state index in [2.05, 4.69) is 5.32 Å². The standard InChI is InChI=1S/C16H27N3O3/c1-12(2)10-13-15(21)19(16(22)17-13)11-14(20)18-8-6-4-3-5-7-9-18/h12-13H,3-11H2,1-2H3,(H,17,22)/t13-/m0/s1. The molecule has 0 aromatic carbocycles. The molecule has 1 N–H and O–H groups in total. The van der Waals surface area contributed by atoms with Crippen molar-refractivity contribution in [3.63, 3.8) is 0 Å². The minimum absolute atomic E-state index is 0.115. The molecule has 0 aromatic rings. The van der Waals surface area contributed by atoms with Gasteiger partial charge in [-0.1, -0.05) is 33.1 Å². The average Bonchev–Trinajstić information content (AvgIpc) is 2.65. The quantitative estimate of drug-likeness (QED) is 0.804. The van der Waals surface area contributed by atoms with Crippen molar-refractivity contribution < 1.29 is 14.4 Å². The fourth-order valence-corrected chi connectivity index (χ4v) is 3.09. The molecule has 2 heterocycles. The highest BCUT2D eigenvalue weighted by Gasteiger charge is 2.39. The maximum atomic E-state index is 12.4. The molecule has 0 spiro atoms. The van der Waals surface area contributed by atoms with Gasteiger partial charge in [-0.2, -0.15) is 0 Å². The zero-order valence-corrected chi connectivity index (χ0v) is 13.6. The van der Waals surface area contributed by atoms with Crippen LogP contribution >= 0.6 is 0 Å². The number of hydrogen-bond acceptors (Lipinski definition) is 3. The van der Waals surface area contributed by atoms with E-state index in [0.717, 1.165) is 43.7 Å². The van der Waals surface area contributed by atoms with Crippen LogP contribution in [0.1, 0.15) is 52.4 Å². The van der Waals surface area contributed by atoms with E-state index >= 15 is 0 Å². The topological polar surface area (TPSA) is 69.7 Å². The molecule has 6 heteroatoms. The van der Waals surface area contributed by atoms with E-state index in [1.54, 1.807) is 4.90 Å².